The molecule has 606 valence electrons. The molecule has 18 nitrogen and oxygen atoms in total. The molecule has 4 aliphatic heterocycles. The van der Waals surface area contributed by atoms with E-state index in [-0.39, 0.29) is 101 Å². The molecule has 0 radical (unpaired) electrons. The Bertz CT molecular complexity index is 5140. The summed E-state index contributed by atoms with van der Waals surface area (Å²) in [6.07, 6.45) is 25.9. The molecular formula is C98H109FN10O8. The second-order valence-corrected chi connectivity index (χ2v) is 34.7. The van der Waals surface area contributed by atoms with Gasteiger partial charge in [0.15, 0.2) is 0 Å². The number of nitrogens with two attached hydrogens (primary N) is 4. The van der Waals surface area contributed by atoms with Crippen LogP contribution in [-0.2, 0) is 38.1 Å². The molecule has 4 aromatic carbocycles. The zero-order valence-electron chi connectivity index (χ0n) is 68.9. The fourth-order valence-corrected chi connectivity index (χ4v) is 20.4. The summed E-state index contributed by atoms with van der Waals surface area (Å²) in [4.78, 5) is 67.9. The van der Waals surface area contributed by atoms with Gasteiger partial charge in [0.05, 0.1) is 46.0 Å². The molecule has 24 atom stereocenters. The molecule has 0 spiro atoms. The molecule has 8 N–H and O–H groups in total. The fraction of sp³-hybridized carbons (Fsp3) is 0.408. The minimum absolute atomic E-state index is 0.00559. The summed E-state index contributed by atoms with van der Waals surface area (Å²) in [5.41, 5.74) is 35.0. The van der Waals surface area contributed by atoms with Crippen molar-refractivity contribution in [1.29, 1.82) is 10.5 Å². The van der Waals surface area contributed by atoms with Crippen LogP contribution >= 0.6 is 0 Å². The predicted octanol–water partition coefficient (Wildman–Crippen LogP) is 17.1. The Labute approximate surface area is 687 Å². The molecule has 4 saturated carbocycles. The molecule has 0 bridgehead atoms. The maximum Gasteiger partial charge on any atom is 0.326 e. The molecule has 19 heteroatoms. The van der Waals surface area contributed by atoms with Crippen LogP contribution in [0.3, 0.4) is 0 Å². The van der Waals surface area contributed by atoms with Gasteiger partial charge in [-0.25, -0.2) is 4.39 Å². The molecule has 16 rings (SSSR count). The van der Waals surface area contributed by atoms with E-state index in [4.69, 9.17) is 47.1 Å². The third-order valence-corrected chi connectivity index (χ3v) is 27.5. The number of hydrogen-bond donors (Lipinski definition) is 4. The number of nitriles is 2. The Morgan fingerprint density at radius 3 is 0.991 bits per heavy atom. The third-order valence-electron chi connectivity index (χ3n) is 27.5. The van der Waals surface area contributed by atoms with E-state index >= 15 is 0 Å². The quantitative estimate of drug-likeness (QED) is 0.0652. The summed E-state index contributed by atoms with van der Waals surface area (Å²) in [6.45, 7) is 25.4. The van der Waals surface area contributed by atoms with Crippen molar-refractivity contribution in [3.63, 3.8) is 0 Å². The molecule has 8 aromatic rings. The van der Waals surface area contributed by atoms with E-state index < -0.39 is 22.2 Å². The highest BCUT2D eigenvalue weighted by Crippen LogP contribution is 2.55. The summed E-state index contributed by atoms with van der Waals surface area (Å²) in [5, 5.41) is 18.4. The van der Waals surface area contributed by atoms with E-state index in [2.05, 4.69) is 136 Å². The number of cyclic esters (lactones) is 4. The van der Waals surface area contributed by atoms with Gasteiger partial charge < -0.3 is 41.9 Å². The molecule has 0 amide bonds. The van der Waals surface area contributed by atoms with E-state index in [1.165, 1.54) is 12.1 Å². The number of benzene rings is 4. The van der Waals surface area contributed by atoms with Gasteiger partial charge in [-0.15, -0.1) is 0 Å². The summed E-state index contributed by atoms with van der Waals surface area (Å²) in [6, 6.07) is 52.0. The highest BCUT2D eigenvalue weighted by atomic mass is 19.1. The van der Waals surface area contributed by atoms with Crippen molar-refractivity contribution < 1.29 is 42.5 Å². The van der Waals surface area contributed by atoms with Crippen LogP contribution in [0.15, 0.2) is 201 Å². The van der Waals surface area contributed by atoms with Crippen LogP contribution in [0.4, 0.5) is 4.39 Å². The number of allylic oxidation sites excluding steroid dienone is 4. The molecular weight excluding hydrogens is 1460 g/mol. The molecule has 0 unspecified atom stereocenters. The number of carbonyl (C=O) groups excluding carboxylic acids is 4. The number of ether oxygens (including phenoxy) is 4. The normalized spacial score (nSPS) is 33.9. The minimum Gasteiger partial charge on any atom is -0.461 e. The van der Waals surface area contributed by atoms with E-state index in [0.717, 1.165) is 67.3 Å². The molecule has 8 aliphatic rings. The predicted molar refractivity (Wildman–Crippen MR) is 454 cm³/mol. The fourth-order valence-electron chi connectivity index (χ4n) is 20.4. The molecule has 117 heavy (non-hydrogen) atoms. The highest BCUT2D eigenvalue weighted by Gasteiger charge is 2.64. The number of halogens is 1. The lowest BCUT2D eigenvalue weighted by Gasteiger charge is -2.45. The average molecular weight is 1570 g/mol. The smallest absolute Gasteiger partial charge is 0.326 e. The zero-order valence-corrected chi connectivity index (χ0v) is 68.9. The monoisotopic (exact) mass is 1570 g/mol. The van der Waals surface area contributed by atoms with Gasteiger partial charge in [-0.2, -0.15) is 10.5 Å². The van der Waals surface area contributed by atoms with E-state index in [1.54, 1.807) is 30.6 Å². The maximum absolute atomic E-state index is 13.4. The average Bonchev–Trinajstić information content (AvgIpc) is 1.62. The van der Waals surface area contributed by atoms with Crippen molar-refractivity contribution in [3.05, 3.63) is 240 Å². The number of hydrogen-bond acceptors (Lipinski definition) is 18. The van der Waals surface area contributed by atoms with Crippen molar-refractivity contribution in [1.82, 2.24) is 19.9 Å². The Hall–Kier alpha value is -10.9. The van der Waals surface area contributed by atoms with Gasteiger partial charge in [-0.1, -0.05) is 177 Å². The Balaban J connectivity index is 0.000000136. The third kappa shape index (κ3) is 17.0. The second-order valence-electron chi connectivity index (χ2n) is 34.7. The highest BCUT2D eigenvalue weighted by molar-refractivity contribution is 5.86. The first-order valence-electron chi connectivity index (χ1n) is 41.3. The number of aromatic nitrogens is 4. The first-order valence-corrected chi connectivity index (χ1v) is 41.3. The van der Waals surface area contributed by atoms with Gasteiger partial charge in [0.2, 0.25) is 0 Å². The molecule has 4 aromatic heterocycles. The van der Waals surface area contributed by atoms with Gasteiger partial charge >= 0.3 is 23.9 Å². The van der Waals surface area contributed by atoms with Crippen molar-refractivity contribution >= 4 is 48.2 Å². The number of rotatable bonds is 12. The maximum atomic E-state index is 13.4. The molecule has 4 aliphatic carbocycles. The van der Waals surface area contributed by atoms with Gasteiger partial charge in [0.25, 0.3) is 0 Å². The summed E-state index contributed by atoms with van der Waals surface area (Å²) >= 11 is 0. The van der Waals surface area contributed by atoms with E-state index in [1.807, 2.05) is 161 Å². The van der Waals surface area contributed by atoms with Gasteiger partial charge in [-0.3, -0.25) is 39.1 Å². The largest absolute Gasteiger partial charge is 0.461 e. The number of pyridine rings is 4. The number of esters is 4. The van der Waals surface area contributed by atoms with Crippen LogP contribution in [0.5, 0.6) is 0 Å². The lowest BCUT2D eigenvalue weighted by atomic mass is 9.59. The van der Waals surface area contributed by atoms with Gasteiger partial charge in [-0.05, 0) is 220 Å². The molecule has 8 heterocycles. The van der Waals surface area contributed by atoms with Crippen molar-refractivity contribution in [2.24, 2.45) is 118 Å². The van der Waals surface area contributed by atoms with Crippen molar-refractivity contribution in [3.8, 4) is 56.6 Å². The van der Waals surface area contributed by atoms with Crippen LogP contribution in [0.25, 0.3) is 68.8 Å². The first-order chi connectivity index (χ1) is 55.9. The van der Waals surface area contributed by atoms with Crippen LogP contribution in [0.1, 0.15) is 143 Å². The van der Waals surface area contributed by atoms with Crippen LogP contribution in [-0.4, -0.2) is 90.4 Å². The standard InChI is InChI=1S/2C25H27N3O2.C24H27FN2O2.C24H28N2O2/c1-15-12-25(27)23(17(3)30-24(25)29)22(16(15)2)10-9-21-8-7-20(14-28-21)19-6-4-5-18(11-19)13-26;1-15-12-25(27)23(17(3)30-24(25)29)21(16(15)2)11-10-20-9-8-19(14-28-20)22-7-5-4-6-18(22)13-26;1-14-12-24(26)22(16(3)29-23(24)28)21(15(14)2)10-9-20-8-7-18(13-27-20)17-5-4-6-19(25)11-17;1-15-13-24(25)22(17(3)28-23(24)27)21(16(15)2)12-11-20-10-9-19(14-26-20)18-7-5-4-6-8-18/h4-11,14-17,22-23H,12,27H2,1-3H3;4-11,14-17,21,23H,12,27H2,1-3H3;4-11,13-16,21-22H,12,26H2,1-3H3;4-12,14-17,21-22H,13,25H2,1-3H3/b10-9+;11-10+;10-9+;12-11+/t15-,16+,17+,22-,23-,25-;15-,16+,17+,21-,23-,25-;14-,15+,16+,21-,22-,24-;15-,16+,17+,21-,22-,24-/m0000/s1. The summed E-state index contributed by atoms with van der Waals surface area (Å²) < 4.78 is 35.6. The Kier molecular flexibility index (Phi) is 24.9. The van der Waals surface area contributed by atoms with Crippen LogP contribution < -0.4 is 22.9 Å². The lowest BCUT2D eigenvalue weighted by Crippen LogP contribution is -2.58. The second kappa shape index (κ2) is 34.7. The topological polar surface area (TPSA) is 308 Å². The Morgan fingerprint density at radius 2 is 0.667 bits per heavy atom. The van der Waals surface area contributed by atoms with E-state index in [9.17, 15) is 28.8 Å². The van der Waals surface area contributed by atoms with Crippen molar-refractivity contribution in [2.45, 2.75) is 155 Å². The minimum atomic E-state index is -0.908. The SMILES string of the molecule is C[C@H]1[C@H](/C=C/c2ccc(-c3cccc(C#N)c3)cn2)[C@@H]2[C@@H](C)OC(=O)[C@]2(N)C[C@@H]1C.C[C@H]1[C@H](/C=C/c2ccc(-c3cccc(F)c3)cn2)[C@@H]2[C@@H](C)OC(=O)[C@]2(N)C[C@@H]1C.C[C@H]1[C@H](/C=C/c2ccc(-c3ccccc3)cn2)[C@@H]2[C@@H](C)OC(=O)[C@]2(N)C[C@@H]1C.C[C@H]1[C@H](/C=C/c2ccc(-c3ccccc3C#N)cn2)[C@@H]2[C@@H](C)OC(=O)[C@]2(N)C[C@@H]1C. The first kappa shape index (κ1) is 84.0. The summed E-state index contributed by atoms with van der Waals surface area (Å²) in [7, 11) is 0. The van der Waals surface area contributed by atoms with Gasteiger partial charge in [0, 0.05) is 76.3 Å². The lowest BCUT2D eigenvalue weighted by molar-refractivity contribution is -0.146. The molecule has 8 fully saturated rings. The van der Waals surface area contributed by atoms with Crippen LogP contribution in [0, 0.1) is 123 Å². The van der Waals surface area contributed by atoms with Gasteiger partial charge in [0.1, 0.15) is 52.4 Å². The Morgan fingerprint density at radius 1 is 0.359 bits per heavy atom. The number of fused-ring (bicyclic) bond motifs is 4. The number of carbonyl (C=O) groups is 4. The van der Waals surface area contributed by atoms with Crippen molar-refractivity contribution in [2.75, 3.05) is 0 Å². The van der Waals surface area contributed by atoms with E-state index in [0.29, 0.717) is 84.2 Å². The summed E-state index contributed by atoms with van der Waals surface area (Å²) in [5.74, 6) is 2.16. The zero-order chi connectivity index (χ0) is 83.6. The number of nitrogens with zero attached hydrogens (tertiary/aromatic N) is 6. The van der Waals surface area contributed by atoms with Crippen LogP contribution in [0.2, 0.25) is 0 Å². The molecule has 4 saturated heterocycles.